The summed E-state index contributed by atoms with van der Waals surface area (Å²) >= 11 is 9.42. The molecule has 0 saturated heterocycles. The van der Waals surface area contributed by atoms with Crippen LogP contribution < -0.4 is 0 Å². The predicted molar refractivity (Wildman–Crippen MR) is 84.2 cm³/mol. The molecule has 0 aliphatic carbocycles. The summed E-state index contributed by atoms with van der Waals surface area (Å²) in [6, 6.07) is 5.76. The largest absolute Gasteiger partial charge is 0.508 e. The normalized spacial score (nSPS) is 12.6. The van der Waals surface area contributed by atoms with E-state index in [0.717, 1.165) is 17.7 Å². The summed E-state index contributed by atoms with van der Waals surface area (Å²) in [5, 5.41) is 9.93. The first-order valence-corrected chi connectivity index (χ1v) is 6.78. The summed E-state index contributed by atoms with van der Waals surface area (Å²) in [6.07, 6.45) is 0. The van der Waals surface area contributed by atoms with Gasteiger partial charge in [0.05, 0.1) is 14.1 Å². The maximum atomic E-state index is 9.93. The van der Waals surface area contributed by atoms with Crippen LogP contribution in [0, 0.1) is 0 Å². The van der Waals surface area contributed by atoms with Crippen molar-refractivity contribution >= 4 is 29.2 Å². The fraction of sp³-hybridized carbons (Fsp3) is 0.500. The number of phenolic OH excluding ortho intramolecular Hbond substituents is 1. The van der Waals surface area contributed by atoms with Gasteiger partial charge in [0.15, 0.2) is 0 Å². The molecule has 0 aromatic heterocycles. The first kappa shape index (κ1) is 15.5. The van der Waals surface area contributed by atoms with E-state index in [4.69, 9.17) is 12.2 Å². The van der Waals surface area contributed by atoms with Crippen molar-refractivity contribution in [3.05, 3.63) is 29.3 Å². The summed E-state index contributed by atoms with van der Waals surface area (Å²) in [5.74, 6) is 0.352. The second kappa shape index (κ2) is 5.19. The van der Waals surface area contributed by atoms with Gasteiger partial charge in [-0.15, -0.1) is 0 Å². The van der Waals surface area contributed by atoms with Crippen LogP contribution in [-0.2, 0) is 12.0 Å². The van der Waals surface area contributed by atoms with E-state index in [0.29, 0.717) is 14.6 Å². The molecule has 0 aliphatic rings. The summed E-state index contributed by atoms with van der Waals surface area (Å²) < 4.78 is 1.20. The number of nitrogens with zero attached hydrogens (tertiary/aromatic N) is 1. The summed E-state index contributed by atoms with van der Waals surface area (Å²) in [6.45, 7) is 7.05. The molecule has 0 fully saturated rings. The van der Waals surface area contributed by atoms with Crippen LogP contribution in [0.15, 0.2) is 18.2 Å². The first-order chi connectivity index (χ1) is 8.04. The highest BCUT2D eigenvalue weighted by molar-refractivity contribution is 8.10. The van der Waals surface area contributed by atoms with Crippen molar-refractivity contribution in [2.75, 3.05) is 14.1 Å². The second-order valence-corrected chi connectivity index (χ2v) is 7.34. The smallest absolute Gasteiger partial charge is 0.230 e. The molecule has 0 spiro atoms. The van der Waals surface area contributed by atoms with Gasteiger partial charge in [0.1, 0.15) is 12.3 Å². The maximum Gasteiger partial charge on any atom is 0.230 e. The SMILES string of the molecule is CC(C)(C)c1cc(C[N+](C)(C)C(=S)S)ccc1O. The molecule has 0 saturated carbocycles. The van der Waals surface area contributed by atoms with Gasteiger partial charge in [-0.2, -0.15) is 0 Å². The average Bonchev–Trinajstić information content (AvgIpc) is 2.18. The number of rotatable bonds is 2. The zero-order valence-electron chi connectivity index (χ0n) is 11.7. The molecule has 0 amide bonds. The van der Waals surface area contributed by atoms with Crippen molar-refractivity contribution in [3.8, 4) is 5.75 Å². The molecule has 0 unspecified atom stereocenters. The Morgan fingerprint density at radius 1 is 1.33 bits per heavy atom. The molecule has 1 N–H and O–H groups in total. The molecule has 0 radical (unpaired) electrons. The third-order valence-electron chi connectivity index (χ3n) is 2.96. The maximum absolute atomic E-state index is 9.93. The van der Waals surface area contributed by atoms with E-state index in [9.17, 15) is 5.11 Å². The van der Waals surface area contributed by atoms with Gasteiger partial charge in [0.2, 0.25) is 4.32 Å². The molecular formula is C14H22NOS2+. The lowest BCUT2D eigenvalue weighted by molar-refractivity contribution is -0.807. The van der Waals surface area contributed by atoms with Crippen molar-refractivity contribution in [2.24, 2.45) is 0 Å². The number of phenols is 1. The van der Waals surface area contributed by atoms with Gasteiger partial charge in [-0.3, -0.25) is 4.48 Å². The van der Waals surface area contributed by atoms with Crippen molar-refractivity contribution in [3.63, 3.8) is 0 Å². The molecular weight excluding hydrogens is 262 g/mol. The molecule has 0 aliphatic heterocycles. The number of aromatic hydroxyl groups is 1. The zero-order chi connectivity index (χ0) is 14.1. The third-order valence-corrected chi connectivity index (χ3v) is 4.00. The van der Waals surface area contributed by atoms with Gasteiger partial charge in [-0.25, -0.2) is 0 Å². The van der Waals surface area contributed by atoms with Crippen molar-refractivity contribution < 1.29 is 9.59 Å². The average molecular weight is 284 g/mol. The monoisotopic (exact) mass is 284 g/mol. The summed E-state index contributed by atoms with van der Waals surface area (Å²) in [7, 11) is 4.05. The van der Waals surface area contributed by atoms with Crippen LogP contribution in [0.4, 0.5) is 0 Å². The third kappa shape index (κ3) is 3.70. The van der Waals surface area contributed by atoms with Crippen LogP contribution in [0.3, 0.4) is 0 Å². The quantitative estimate of drug-likeness (QED) is 0.492. The lowest BCUT2D eigenvalue weighted by Gasteiger charge is -2.28. The van der Waals surface area contributed by atoms with Gasteiger partial charge in [-0.05, 0) is 41.4 Å². The van der Waals surface area contributed by atoms with Crippen LogP contribution in [-0.4, -0.2) is 28.0 Å². The number of thiocarbonyl (C=S) groups is 1. The lowest BCUT2D eigenvalue weighted by atomic mass is 9.85. The Kier molecular flexibility index (Phi) is 4.47. The minimum Gasteiger partial charge on any atom is -0.508 e. The Balaban J connectivity index is 3.11. The molecule has 18 heavy (non-hydrogen) atoms. The van der Waals surface area contributed by atoms with E-state index < -0.39 is 0 Å². The van der Waals surface area contributed by atoms with Gasteiger partial charge in [0, 0.05) is 5.56 Å². The molecule has 1 aromatic carbocycles. The molecule has 0 bridgehead atoms. The molecule has 4 heteroatoms. The number of hydrogen-bond acceptors (Lipinski definition) is 2. The van der Waals surface area contributed by atoms with Crippen LogP contribution in [0.1, 0.15) is 31.9 Å². The highest BCUT2D eigenvalue weighted by Gasteiger charge is 2.23. The van der Waals surface area contributed by atoms with Crippen LogP contribution in [0.5, 0.6) is 5.75 Å². The topological polar surface area (TPSA) is 20.2 Å². The van der Waals surface area contributed by atoms with Gasteiger partial charge >= 0.3 is 0 Å². The molecule has 1 aromatic rings. The number of hydrogen-bond donors (Lipinski definition) is 2. The predicted octanol–water partition coefficient (Wildman–Crippen LogP) is 3.48. The molecule has 100 valence electrons. The summed E-state index contributed by atoms with van der Waals surface area (Å²) in [4.78, 5) is 0. The highest BCUT2D eigenvalue weighted by Crippen LogP contribution is 2.31. The molecule has 2 nitrogen and oxygen atoms in total. The first-order valence-electron chi connectivity index (χ1n) is 5.93. The van der Waals surface area contributed by atoms with E-state index in [-0.39, 0.29) is 5.41 Å². The fourth-order valence-electron chi connectivity index (χ4n) is 1.81. The zero-order valence-corrected chi connectivity index (χ0v) is 13.4. The Morgan fingerprint density at radius 3 is 2.33 bits per heavy atom. The van der Waals surface area contributed by atoms with Gasteiger partial charge in [-0.1, -0.05) is 33.4 Å². The van der Waals surface area contributed by atoms with Crippen LogP contribution in [0.25, 0.3) is 0 Å². The van der Waals surface area contributed by atoms with Crippen LogP contribution >= 0.6 is 24.8 Å². The molecule has 0 heterocycles. The van der Waals surface area contributed by atoms with Crippen molar-refractivity contribution in [1.29, 1.82) is 0 Å². The Hall–Kier alpha value is -0.580. The Labute approximate surface area is 121 Å². The van der Waals surface area contributed by atoms with E-state index >= 15 is 0 Å². The Bertz CT molecular complexity index is 461. The number of benzene rings is 1. The van der Waals surface area contributed by atoms with E-state index in [2.05, 4.69) is 39.5 Å². The van der Waals surface area contributed by atoms with Crippen molar-refractivity contribution in [1.82, 2.24) is 0 Å². The lowest BCUT2D eigenvalue weighted by Crippen LogP contribution is -2.40. The summed E-state index contributed by atoms with van der Waals surface area (Å²) in [5.41, 5.74) is 2.04. The van der Waals surface area contributed by atoms with E-state index in [1.165, 1.54) is 0 Å². The van der Waals surface area contributed by atoms with E-state index in [1.54, 1.807) is 6.07 Å². The minimum atomic E-state index is -0.0707. The van der Waals surface area contributed by atoms with Gasteiger partial charge in [0.25, 0.3) is 0 Å². The number of thiol groups is 1. The standard InChI is InChI=1S/C14H21NOS2/c1-14(2,3)11-8-10(6-7-12(11)16)9-15(4,5)13(17)18/h6-8H,9H2,1-5H3,(H-,16,17,18)/p+1. The second-order valence-electron chi connectivity index (χ2n) is 6.23. The number of quaternary nitrogens is 1. The van der Waals surface area contributed by atoms with E-state index in [1.807, 2.05) is 20.2 Å². The van der Waals surface area contributed by atoms with Crippen LogP contribution in [0.2, 0.25) is 0 Å². The highest BCUT2D eigenvalue weighted by atomic mass is 32.1. The fourth-order valence-corrected chi connectivity index (χ4v) is 1.94. The molecule has 1 rings (SSSR count). The van der Waals surface area contributed by atoms with Gasteiger partial charge < -0.3 is 5.11 Å². The van der Waals surface area contributed by atoms with Crippen molar-refractivity contribution in [2.45, 2.75) is 32.7 Å². The molecule has 0 atom stereocenters. The Morgan fingerprint density at radius 2 is 1.89 bits per heavy atom. The minimum absolute atomic E-state index is 0.0707.